The maximum Gasteiger partial charge on any atom is 0.471 e. The lowest BCUT2D eigenvalue weighted by molar-refractivity contribution is -0.186. The molecule has 0 spiro atoms. The maximum absolute atomic E-state index is 12.6. The Bertz CT molecular complexity index is 789. The molecule has 1 saturated heterocycles. The molecule has 1 heterocycles. The summed E-state index contributed by atoms with van der Waals surface area (Å²) in [4.78, 5) is 24.4. The Labute approximate surface area is 136 Å². The number of halogens is 3. The Morgan fingerprint density at radius 2 is 1.79 bits per heavy atom. The average Bonchev–Trinajstić information content (AvgIpc) is 3.02. The lowest BCUT2D eigenvalue weighted by Gasteiger charge is -2.24. The highest BCUT2D eigenvalue weighted by molar-refractivity contribution is 5.99. The molecule has 4 nitrogen and oxygen atoms in total. The monoisotopic (exact) mass is 336 g/mol. The number of nitrogens with zero attached hydrogens (tertiary/aromatic N) is 1. The van der Waals surface area contributed by atoms with E-state index in [9.17, 15) is 22.8 Å². The predicted octanol–water partition coefficient (Wildman–Crippen LogP) is 3.33. The molecule has 1 N–H and O–H groups in total. The molecule has 1 unspecified atom stereocenters. The first-order valence-corrected chi connectivity index (χ1v) is 7.54. The van der Waals surface area contributed by atoms with Gasteiger partial charge in [-0.25, -0.2) is 0 Å². The van der Waals surface area contributed by atoms with Crippen molar-refractivity contribution in [1.29, 1.82) is 0 Å². The van der Waals surface area contributed by atoms with E-state index < -0.39 is 24.0 Å². The van der Waals surface area contributed by atoms with E-state index in [0.717, 1.165) is 10.8 Å². The fourth-order valence-electron chi connectivity index (χ4n) is 2.94. The third-order valence-electron chi connectivity index (χ3n) is 4.08. The molecule has 7 heteroatoms. The van der Waals surface area contributed by atoms with E-state index in [1.54, 1.807) is 12.1 Å². The van der Waals surface area contributed by atoms with Gasteiger partial charge in [0.25, 0.3) is 0 Å². The summed E-state index contributed by atoms with van der Waals surface area (Å²) in [5, 5.41) is 4.51. The number of benzene rings is 2. The maximum atomic E-state index is 12.6. The third-order valence-corrected chi connectivity index (χ3v) is 4.08. The fourth-order valence-corrected chi connectivity index (χ4v) is 2.94. The van der Waals surface area contributed by atoms with Gasteiger partial charge in [-0.2, -0.15) is 13.2 Å². The van der Waals surface area contributed by atoms with Gasteiger partial charge in [0, 0.05) is 12.2 Å². The second-order valence-corrected chi connectivity index (χ2v) is 5.71. The number of amides is 2. The lowest BCUT2D eigenvalue weighted by Crippen LogP contribution is -2.48. The van der Waals surface area contributed by atoms with E-state index in [0.29, 0.717) is 17.0 Å². The molecule has 3 rings (SSSR count). The van der Waals surface area contributed by atoms with Crippen LogP contribution in [0.4, 0.5) is 18.9 Å². The minimum atomic E-state index is -4.97. The largest absolute Gasteiger partial charge is 0.471 e. The summed E-state index contributed by atoms with van der Waals surface area (Å²) < 4.78 is 37.8. The van der Waals surface area contributed by atoms with Gasteiger partial charge in [0.2, 0.25) is 5.91 Å². The Morgan fingerprint density at radius 1 is 1.08 bits per heavy atom. The predicted molar refractivity (Wildman–Crippen MR) is 83.4 cm³/mol. The first-order valence-electron chi connectivity index (χ1n) is 7.54. The van der Waals surface area contributed by atoms with Gasteiger partial charge in [0.15, 0.2) is 0 Å². The Morgan fingerprint density at radius 3 is 2.50 bits per heavy atom. The van der Waals surface area contributed by atoms with Crippen molar-refractivity contribution in [3.8, 4) is 0 Å². The number of nitrogens with one attached hydrogen (secondary N) is 1. The van der Waals surface area contributed by atoms with Crippen molar-refractivity contribution in [1.82, 2.24) is 4.90 Å². The van der Waals surface area contributed by atoms with Crippen LogP contribution in [-0.2, 0) is 9.59 Å². The smallest absolute Gasteiger partial charge is 0.324 e. The summed E-state index contributed by atoms with van der Waals surface area (Å²) >= 11 is 0. The molecule has 0 saturated carbocycles. The number of rotatable bonds is 2. The first kappa shape index (κ1) is 16.3. The van der Waals surface area contributed by atoms with Gasteiger partial charge in [-0.05, 0) is 35.7 Å². The highest BCUT2D eigenvalue weighted by Crippen LogP contribution is 2.27. The summed E-state index contributed by atoms with van der Waals surface area (Å²) in [6.07, 6.45) is -4.37. The molecule has 1 fully saturated rings. The van der Waals surface area contributed by atoms with Crippen molar-refractivity contribution < 1.29 is 22.8 Å². The van der Waals surface area contributed by atoms with Crippen LogP contribution in [0.3, 0.4) is 0 Å². The van der Waals surface area contributed by atoms with Crippen LogP contribution >= 0.6 is 0 Å². The number of hydrogen-bond acceptors (Lipinski definition) is 2. The van der Waals surface area contributed by atoms with Crippen LogP contribution in [0.2, 0.25) is 0 Å². The average molecular weight is 336 g/mol. The van der Waals surface area contributed by atoms with Crippen LogP contribution in [0.25, 0.3) is 10.8 Å². The number of alkyl halides is 3. The molecule has 2 amide bonds. The van der Waals surface area contributed by atoms with Gasteiger partial charge < -0.3 is 10.2 Å². The summed E-state index contributed by atoms with van der Waals surface area (Å²) in [6, 6.07) is 11.7. The molecule has 1 aliphatic heterocycles. The van der Waals surface area contributed by atoms with Gasteiger partial charge in [-0.15, -0.1) is 0 Å². The van der Waals surface area contributed by atoms with Gasteiger partial charge in [-0.3, -0.25) is 9.59 Å². The van der Waals surface area contributed by atoms with Crippen molar-refractivity contribution in [3.05, 3.63) is 42.5 Å². The molecule has 1 aliphatic rings. The lowest BCUT2D eigenvalue weighted by atomic mass is 10.1. The minimum absolute atomic E-state index is 0.0614. The summed E-state index contributed by atoms with van der Waals surface area (Å²) in [5.41, 5.74) is 0.491. The van der Waals surface area contributed by atoms with Crippen molar-refractivity contribution in [2.45, 2.75) is 25.1 Å². The molecule has 24 heavy (non-hydrogen) atoms. The molecule has 0 aromatic heterocycles. The third kappa shape index (κ3) is 3.20. The highest BCUT2D eigenvalue weighted by atomic mass is 19.4. The van der Waals surface area contributed by atoms with E-state index in [1.165, 1.54) is 0 Å². The molecule has 0 radical (unpaired) electrons. The second-order valence-electron chi connectivity index (χ2n) is 5.71. The molecule has 0 bridgehead atoms. The zero-order valence-corrected chi connectivity index (χ0v) is 12.6. The van der Waals surface area contributed by atoms with Crippen molar-refractivity contribution in [3.63, 3.8) is 0 Å². The highest BCUT2D eigenvalue weighted by Gasteiger charge is 2.47. The number of carbonyl (C=O) groups excluding carboxylic acids is 2. The molecular weight excluding hydrogens is 321 g/mol. The van der Waals surface area contributed by atoms with Crippen molar-refractivity contribution in [2.24, 2.45) is 0 Å². The van der Waals surface area contributed by atoms with E-state index in [1.807, 2.05) is 30.3 Å². The molecule has 2 aromatic carbocycles. The quantitative estimate of drug-likeness (QED) is 0.914. The van der Waals surface area contributed by atoms with Gasteiger partial charge in [0.1, 0.15) is 6.04 Å². The van der Waals surface area contributed by atoms with E-state index in [4.69, 9.17) is 0 Å². The first-order chi connectivity index (χ1) is 11.4. The zero-order valence-electron chi connectivity index (χ0n) is 12.6. The molecule has 0 aliphatic carbocycles. The van der Waals surface area contributed by atoms with Crippen LogP contribution in [0.1, 0.15) is 12.8 Å². The van der Waals surface area contributed by atoms with E-state index in [2.05, 4.69) is 5.32 Å². The molecule has 1 atom stereocenters. The normalized spacial score (nSPS) is 18.0. The van der Waals surface area contributed by atoms with Crippen LogP contribution in [0.15, 0.2) is 42.5 Å². The standard InChI is InChI=1S/C17H15F3N2O2/c18-17(19,20)16(24)22-9-3-6-14(22)15(23)21-13-8-7-11-4-1-2-5-12(11)10-13/h1-2,4-5,7-8,10,14H,3,6,9H2,(H,21,23). The van der Waals surface area contributed by atoms with Crippen molar-refractivity contribution >= 4 is 28.3 Å². The van der Waals surface area contributed by atoms with E-state index in [-0.39, 0.29) is 13.0 Å². The SMILES string of the molecule is O=C(Nc1ccc2ccccc2c1)C1CCCN1C(=O)C(F)(F)F. The molecule has 2 aromatic rings. The van der Waals surface area contributed by atoms with Crippen molar-refractivity contribution in [2.75, 3.05) is 11.9 Å². The van der Waals surface area contributed by atoms with Crippen LogP contribution in [0.5, 0.6) is 0 Å². The summed E-state index contributed by atoms with van der Waals surface area (Å²) in [7, 11) is 0. The van der Waals surface area contributed by atoms with Gasteiger partial charge >= 0.3 is 12.1 Å². The van der Waals surface area contributed by atoms with Gasteiger partial charge in [0.05, 0.1) is 0 Å². The number of likely N-dealkylation sites (tertiary alicyclic amines) is 1. The Kier molecular flexibility index (Phi) is 4.17. The summed E-state index contributed by atoms with van der Waals surface area (Å²) in [5.74, 6) is -2.56. The van der Waals surface area contributed by atoms with E-state index >= 15 is 0 Å². The van der Waals surface area contributed by atoms with Crippen LogP contribution in [0, 0.1) is 0 Å². The Balaban J connectivity index is 1.76. The second kappa shape index (κ2) is 6.14. The summed E-state index contributed by atoms with van der Waals surface area (Å²) in [6.45, 7) is -0.0614. The minimum Gasteiger partial charge on any atom is -0.324 e. The Hall–Kier alpha value is -2.57. The number of carbonyl (C=O) groups is 2. The number of anilines is 1. The van der Waals surface area contributed by atoms with Crippen LogP contribution < -0.4 is 5.32 Å². The van der Waals surface area contributed by atoms with Crippen LogP contribution in [-0.4, -0.2) is 35.5 Å². The molecular formula is C17H15F3N2O2. The zero-order chi connectivity index (χ0) is 17.3. The van der Waals surface area contributed by atoms with Gasteiger partial charge in [-0.1, -0.05) is 30.3 Å². The molecule has 126 valence electrons. The fraction of sp³-hybridized carbons (Fsp3) is 0.294. The topological polar surface area (TPSA) is 49.4 Å². The number of fused-ring (bicyclic) bond motifs is 1. The number of hydrogen-bond donors (Lipinski definition) is 1.